The lowest BCUT2D eigenvalue weighted by atomic mass is 10.0. The highest BCUT2D eigenvalue weighted by atomic mass is 16.6. The Labute approximate surface area is 233 Å². The molecule has 4 atom stereocenters. The van der Waals surface area contributed by atoms with Crippen LogP contribution in [0.2, 0.25) is 0 Å². The van der Waals surface area contributed by atoms with Crippen LogP contribution in [0.5, 0.6) is 11.5 Å². The van der Waals surface area contributed by atoms with Crippen molar-refractivity contribution in [3.05, 3.63) is 23.8 Å². The van der Waals surface area contributed by atoms with Crippen molar-refractivity contribution < 1.29 is 38.1 Å². The van der Waals surface area contributed by atoms with E-state index in [1.165, 1.54) is 6.07 Å². The molecule has 0 bridgehead atoms. The summed E-state index contributed by atoms with van der Waals surface area (Å²) in [4.78, 5) is 49.5. The number of ether oxygens (including phenoxy) is 4. The van der Waals surface area contributed by atoms with E-state index >= 15 is 0 Å². The van der Waals surface area contributed by atoms with Gasteiger partial charge in [0.15, 0.2) is 11.5 Å². The molecule has 0 aliphatic heterocycles. The van der Waals surface area contributed by atoms with E-state index in [9.17, 15) is 19.2 Å². The molecular weight excluding hydrogens is 502 g/mol. The quantitative estimate of drug-likeness (QED) is 0.207. The van der Waals surface area contributed by atoms with Gasteiger partial charge in [-0.2, -0.15) is 0 Å². The molecule has 0 fully saturated rings. The summed E-state index contributed by atoms with van der Waals surface area (Å²) in [7, 11) is 0. The van der Waals surface area contributed by atoms with Gasteiger partial charge in [-0.25, -0.2) is 0 Å². The lowest BCUT2D eigenvalue weighted by Crippen LogP contribution is -2.37. The minimum Gasteiger partial charge on any atom is -0.462 e. The summed E-state index contributed by atoms with van der Waals surface area (Å²) in [5, 5.41) is 0. The highest BCUT2D eigenvalue weighted by Crippen LogP contribution is 2.31. The van der Waals surface area contributed by atoms with Crippen LogP contribution >= 0.6 is 0 Å². The molecule has 1 aromatic carbocycles. The summed E-state index contributed by atoms with van der Waals surface area (Å²) < 4.78 is 21.7. The summed E-state index contributed by atoms with van der Waals surface area (Å²) >= 11 is 0. The molecule has 0 spiro atoms. The molecular formula is C30H47NO8. The molecule has 9 heteroatoms. The average molecular weight is 550 g/mol. The number of nitrogens with two attached hydrogens (primary N) is 1. The van der Waals surface area contributed by atoms with Gasteiger partial charge in [-0.15, -0.1) is 0 Å². The van der Waals surface area contributed by atoms with Gasteiger partial charge in [0, 0.05) is 6.42 Å². The monoisotopic (exact) mass is 549 g/mol. The van der Waals surface area contributed by atoms with Crippen molar-refractivity contribution in [1.29, 1.82) is 0 Å². The molecule has 0 saturated carbocycles. The zero-order valence-electron chi connectivity index (χ0n) is 24.6. The summed E-state index contributed by atoms with van der Waals surface area (Å²) in [5.41, 5.74) is 6.69. The van der Waals surface area contributed by atoms with Gasteiger partial charge in [0.1, 0.15) is 18.8 Å². The molecule has 0 heterocycles. The Balaban J connectivity index is 2.89. The highest BCUT2D eigenvalue weighted by Gasteiger charge is 2.23. The summed E-state index contributed by atoms with van der Waals surface area (Å²) in [6.07, 6.45) is 3.45. The highest BCUT2D eigenvalue weighted by molar-refractivity contribution is 5.79. The first kappa shape index (κ1) is 34.1. The maximum atomic E-state index is 12.6. The standard InChI is InChI=1S/C30H47NO8/c1-8-10-20(5)28(33)38-25-14-13-23(17-26(25)39-29(34)21(6)11-9-2)16-24(31)30(35)37-22(7)18-36-27(32)15-12-19(3)4/h13-14,17,19-22,24H,8-12,15-16,18,31H2,1-7H3/t20?,21?,22-,24-/m0/s1. The Morgan fingerprint density at radius 2 is 1.36 bits per heavy atom. The van der Waals surface area contributed by atoms with Crippen LogP contribution in [0.4, 0.5) is 0 Å². The minimum absolute atomic E-state index is 0.0536. The van der Waals surface area contributed by atoms with Gasteiger partial charge in [0.05, 0.1) is 11.8 Å². The molecule has 0 aliphatic rings. The second-order valence-electron chi connectivity index (χ2n) is 10.7. The van der Waals surface area contributed by atoms with Crippen LogP contribution in [-0.2, 0) is 35.1 Å². The van der Waals surface area contributed by atoms with Crippen LogP contribution in [0.1, 0.15) is 92.6 Å². The maximum absolute atomic E-state index is 12.6. The van der Waals surface area contributed by atoms with Gasteiger partial charge in [-0.1, -0.05) is 60.5 Å². The average Bonchev–Trinajstić information content (AvgIpc) is 2.87. The van der Waals surface area contributed by atoms with Crippen molar-refractivity contribution in [3.63, 3.8) is 0 Å². The zero-order valence-corrected chi connectivity index (χ0v) is 24.6. The van der Waals surface area contributed by atoms with Gasteiger partial charge < -0.3 is 24.7 Å². The molecule has 0 saturated heterocycles. The van der Waals surface area contributed by atoms with E-state index < -0.39 is 30.1 Å². The fourth-order valence-corrected chi connectivity index (χ4v) is 3.71. The Morgan fingerprint density at radius 3 is 1.90 bits per heavy atom. The van der Waals surface area contributed by atoms with E-state index in [0.717, 1.165) is 19.3 Å². The zero-order chi connectivity index (χ0) is 29.5. The molecule has 1 rings (SSSR count). The van der Waals surface area contributed by atoms with E-state index in [-0.39, 0.29) is 42.3 Å². The normalized spacial score (nSPS) is 14.2. The first-order valence-electron chi connectivity index (χ1n) is 14.1. The smallest absolute Gasteiger partial charge is 0.323 e. The predicted octanol–water partition coefficient (Wildman–Crippen LogP) is 5.15. The van der Waals surface area contributed by atoms with Crippen molar-refractivity contribution in [2.45, 2.75) is 106 Å². The van der Waals surface area contributed by atoms with Crippen molar-refractivity contribution in [1.82, 2.24) is 0 Å². The largest absolute Gasteiger partial charge is 0.462 e. The van der Waals surface area contributed by atoms with E-state index in [2.05, 4.69) is 0 Å². The van der Waals surface area contributed by atoms with Crippen LogP contribution in [0.25, 0.3) is 0 Å². The summed E-state index contributed by atoms with van der Waals surface area (Å²) in [6, 6.07) is 3.74. The van der Waals surface area contributed by atoms with Crippen LogP contribution < -0.4 is 15.2 Å². The molecule has 220 valence electrons. The molecule has 2 N–H and O–H groups in total. The number of carbonyl (C=O) groups is 4. The molecule has 0 aliphatic carbocycles. The van der Waals surface area contributed by atoms with Crippen LogP contribution in [0.3, 0.4) is 0 Å². The maximum Gasteiger partial charge on any atom is 0.323 e. The second-order valence-corrected chi connectivity index (χ2v) is 10.7. The topological polar surface area (TPSA) is 131 Å². The lowest BCUT2D eigenvalue weighted by Gasteiger charge is -2.18. The SMILES string of the molecule is CCCC(C)C(=O)Oc1ccc(C[C@H](N)C(=O)O[C@@H](C)COC(=O)CCC(C)C)cc1OC(=O)C(C)CCC. The van der Waals surface area contributed by atoms with Gasteiger partial charge >= 0.3 is 23.9 Å². The van der Waals surface area contributed by atoms with Crippen LogP contribution in [0, 0.1) is 17.8 Å². The third-order valence-corrected chi connectivity index (χ3v) is 6.16. The number of benzene rings is 1. The third-order valence-electron chi connectivity index (χ3n) is 6.16. The van der Waals surface area contributed by atoms with E-state index in [1.807, 2.05) is 27.7 Å². The Morgan fingerprint density at radius 1 is 0.795 bits per heavy atom. The Hall–Kier alpha value is -2.94. The minimum atomic E-state index is -1.01. The second kappa shape index (κ2) is 17.6. The van der Waals surface area contributed by atoms with E-state index in [4.69, 9.17) is 24.7 Å². The molecule has 0 radical (unpaired) electrons. The molecule has 39 heavy (non-hydrogen) atoms. The van der Waals surface area contributed by atoms with Crippen molar-refractivity contribution >= 4 is 23.9 Å². The van der Waals surface area contributed by atoms with Gasteiger partial charge in [-0.05, 0) is 56.2 Å². The lowest BCUT2D eigenvalue weighted by molar-refractivity contribution is -0.159. The molecule has 0 aromatic heterocycles. The first-order valence-corrected chi connectivity index (χ1v) is 14.1. The van der Waals surface area contributed by atoms with Crippen LogP contribution in [-0.4, -0.2) is 42.6 Å². The van der Waals surface area contributed by atoms with Crippen molar-refractivity contribution in [3.8, 4) is 11.5 Å². The van der Waals surface area contributed by atoms with Gasteiger partial charge in [-0.3, -0.25) is 19.2 Å². The number of carbonyl (C=O) groups excluding carboxylic acids is 4. The van der Waals surface area contributed by atoms with E-state index in [0.29, 0.717) is 30.7 Å². The van der Waals surface area contributed by atoms with Crippen molar-refractivity contribution in [2.75, 3.05) is 6.61 Å². The first-order chi connectivity index (χ1) is 18.4. The molecule has 9 nitrogen and oxygen atoms in total. The molecule has 2 unspecified atom stereocenters. The molecule has 1 aromatic rings. The fourth-order valence-electron chi connectivity index (χ4n) is 3.71. The third kappa shape index (κ3) is 13.1. The van der Waals surface area contributed by atoms with Crippen LogP contribution in [0.15, 0.2) is 18.2 Å². The van der Waals surface area contributed by atoms with E-state index in [1.54, 1.807) is 32.9 Å². The number of hydrogen-bond donors (Lipinski definition) is 1. The Bertz CT molecular complexity index is 945. The Kier molecular flexibility index (Phi) is 15.4. The molecule has 0 amide bonds. The summed E-state index contributed by atoms with van der Waals surface area (Å²) in [5.74, 6) is -1.86. The van der Waals surface area contributed by atoms with Gasteiger partial charge in [0.25, 0.3) is 0 Å². The number of hydrogen-bond acceptors (Lipinski definition) is 9. The summed E-state index contributed by atoms with van der Waals surface area (Å²) in [6.45, 7) is 13.1. The fraction of sp³-hybridized carbons (Fsp3) is 0.667. The predicted molar refractivity (Wildman–Crippen MR) is 148 cm³/mol. The van der Waals surface area contributed by atoms with Gasteiger partial charge in [0.2, 0.25) is 0 Å². The number of rotatable bonds is 17. The van der Waals surface area contributed by atoms with Crippen molar-refractivity contribution in [2.24, 2.45) is 23.5 Å². The number of esters is 4.